The summed E-state index contributed by atoms with van der Waals surface area (Å²) < 4.78 is 43.8. The number of likely N-dealkylation sites (N-methyl/N-ethyl adjacent to an activating group) is 1. The number of alkyl halides is 3. The largest absolute Gasteiger partial charge is 0.416 e. The molecule has 0 bridgehead atoms. The highest BCUT2D eigenvalue weighted by molar-refractivity contribution is 6.29. The molecule has 112 valence electrons. The van der Waals surface area contributed by atoms with Crippen LogP contribution in [0.5, 0.6) is 0 Å². The molecule has 1 fully saturated rings. The van der Waals surface area contributed by atoms with Crippen molar-refractivity contribution in [2.45, 2.75) is 31.5 Å². The zero-order chi connectivity index (χ0) is 14.8. The highest BCUT2D eigenvalue weighted by Gasteiger charge is 2.32. The minimum absolute atomic E-state index is 0.0314. The van der Waals surface area contributed by atoms with E-state index in [-0.39, 0.29) is 17.1 Å². The predicted octanol–water partition coefficient (Wildman–Crippen LogP) is 3.76. The van der Waals surface area contributed by atoms with Gasteiger partial charge < -0.3 is 9.64 Å². The van der Waals surface area contributed by atoms with Crippen molar-refractivity contribution in [3.05, 3.63) is 22.8 Å². The molecular formula is C13H16ClF3N2O. The van der Waals surface area contributed by atoms with Gasteiger partial charge >= 0.3 is 6.18 Å². The Morgan fingerprint density at radius 1 is 1.40 bits per heavy atom. The monoisotopic (exact) mass is 308 g/mol. The molecule has 1 atom stereocenters. The standard InChI is InChI=1S/C13H16ClF3N2O/c1-19(8-10-4-2-3-5-20-10)12-7-9(13(15,16)17)6-11(14)18-12/h6-7,10H,2-5,8H2,1H3. The molecule has 1 aromatic rings. The van der Waals surface area contributed by atoms with E-state index < -0.39 is 11.7 Å². The topological polar surface area (TPSA) is 25.4 Å². The van der Waals surface area contributed by atoms with E-state index in [1.807, 2.05) is 0 Å². The van der Waals surface area contributed by atoms with Crippen molar-refractivity contribution in [1.29, 1.82) is 0 Å². The Morgan fingerprint density at radius 3 is 2.75 bits per heavy atom. The lowest BCUT2D eigenvalue weighted by molar-refractivity contribution is -0.137. The van der Waals surface area contributed by atoms with E-state index in [9.17, 15) is 13.2 Å². The lowest BCUT2D eigenvalue weighted by atomic mass is 10.1. The summed E-state index contributed by atoms with van der Waals surface area (Å²) in [6.07, 6.45) is -1.37. The predicted molar refractivity (Wildman–Crippen MR) is 71.1 cm³/mol. The molecule has 7 heteroatoms. The zero-order valence-corrected chi connectivity index (χ0v) is 11.8. The number of nitrogens with zero attached hydrogens (tertiary/aromatic N) is 2. The van der Waals surface area contributed by atoms with Crippen LogP contribution in [-0.4, -0.2) is 31.3 Å². The van der Waals surface area contributed by atoms with E-state index in [0.717, 1.165) is 31.4 Å². The Bertz CT molecular complexity index is 461. The summed E-state index contributed by atoms with van der Waals surface area (Å²) >= 11 is 5.67. The molecule has 0 spiro atoms. The van der Waals surface area contributed by atoms with Gasteiger partial charge in [0.15, 0.2) is 0 Å². The van der Waals surface area contributed by atoms with Gasteiger partial charge in [0.2, 0.25) is 0 Å². The third-order valence-corrected chi connectivity index (χ3v) is 3.44. The van der Waals surface area contributed by atoms with E-state index in [0.29, 0.717) is 13.2 Å². The molecule has 1 aliphatic rings. The zero-order valence-electron chi connectivity index (χ0n) is 11.1. The van der Waals surface area contributed by atoms with Crippen LogP contribution in [0.3, 0.4) is 0 Å². The van der Waals surface area contributed by atoms with Crippen molar-refractivity contribution >= 4 is 17.4 Å². The van der Waals surface area contributed by atoms with E-state index in [2.05, 4.69) is 4.98 Å². The van der Waals surface area contributed by atoms with Gasteiger partial charge in [-0.05, 0) is 31.4 Å². The Hall–Kier alpha value is -1.01. The Balaban J connectivity index is 2.12. The highest BCUT2D eigenvalue weighted by atomic mass is 35.5. The molecule has 2 heterocycles. The molecule has 2 rings (SSSR count). The number of hydrogen-bond acceptors (Lipinski definition) is 3. The van der Waals surface area contributed by atoms with Crippen LogP contribution in [0.4, 0.5) is 19.0 Å². The van der Waals surface area contributed by atoms with Crippen molar-refractivity contribution in [1.82, 2.24) is 4.98 Å². The maximum atomic E-state index is 12.7. The van der Waals surface area contributed by atoms with Crippen LogP contribution in [-0.2, 0) is 10.9 Å². The lowest BCUT2D eigenvalue weighted by Gasteiger charge is -2.28. The van der Waals surface area contributed by atoms with Gasteiger partial charge in [0.1, 0.15) is 11.0 Å². The minimum Gasteiger partial charge on any atom is -0.376 e. The van der Waals surface area contributed by atoms with Gasteiger partial charge in [0, 0.05) is 20.2 Å². The van der Waals surface area contributed by atoms with Gasteiger partial charge in [-0.15, -0.1) is 0 Å². The molecule has 0 aromatic carbocycles. The van der Waals surface area contributed by atoms with Crippen LogP contribution in [0.25, 0.3) is 0 Å². The van der Waals surface area contributed by atoms with Crippen LogP contribution >= 0.6 is 11.6 Å². The second-order valence-electron chi connectivity index (χ2n) is 4.90. The first-order valence-electron chi connectivity index (χ1n) is 6.44. The second kappa shape index (κ2) is 6.18. The van der Waals surface area contributed by atoms with Crippen molar-refractivity contribution in [3.63, 3.8) is 0 Å². The first kappa shape index (κ1) is 15.4. The number of pyridine rings is 1. The Morgan fingerprint density at radius 2 is 2.15 bits per heavy atom. The fourth-order valence-corrected chi connectivity index (χ4v) is 2.40. The minimum atomic E-state index is -4.43. The third kappa shape index (κ3) is 3.99. The SMILES string of the molecule is CN(CC1CCCCO1)c1cc(C(F)(F)F)cc(Cl)n1. The van der Waals surface area contributed by atoms with Gasteiger partial charge in [0.05, 0.1) is 11.7 Å². The van der Waals surface area contributed by atoms with Crippen molar-refractivity contribution < 1.29 is 17.9 Å². The molecule has 20 heavy (non-hydrogen) atoms. The summed E-state index contributed by atoms with van der Waals surface area (Å²) in [6.45, 7) is 1.21. The number of ether oxygens (including phenoxy) is 1. The van der Waals surface area contributed by atoms with E-state index in [1.54, 1.807) is 11.9 Å². The van der Waals surface area contributed by atoms with Gasteiger partial charge in [-0.2, -0.15) is 13.2 Å². The quantitative estimate of drug-likeness (QED) is 0.795. The number of aromatic nitrogens is 1. The normalized spacial score (nSPS) is 19.9. The van der Waals surface area contributed by atoms with Crippen molar-refractivity contribution in [2.24, 2.45) is 0 Å². The number of hydrogen-bond donors (Lipinski definition) is 0. The first-order chi connectivity index (χ1) is 9.36. The maximum absolute atomic E-state index is 12.7. The summed E-state index contributed by atoms with van der Waals surface area (Å²) in [5.41, 5.74) is -0.788. The Labute approximate surface area is 120 Å². The molecule has 1 aliphatic heterocycles. The third-order valence-electron chi connectivity index (χ3n) is 3.25. The number of anilines is 1. The Kier molecular flexibility index (Phi) is 4.75. The van der Waals surface area contributed by atoms with Gasteiger partial charge in [0.25, 0.3) is 0 Å². The average molecular weight is 309 g/mol. The maximum Gasteiger partial charge on any atom is 0.416 e. The number of rotatable bonds is 3. The second-order valence-corrected chi connectivity index (χ2v) is 5.29. The van der Waals surface area contributed by atoms with Crippen LogP contribution in [0.15, 0.2) is 12.1 Å². The van der Waals surface area contributed by atoms with Crippen LogP contribution < -0.4 is 4.90 Å². The van der Waals surface area contributed by atoms with Crippen LogP contribution in [0.2, 0.25) is 5.15 Å². The van der Waals surface area contributed by atoms with Crippen LogP contribution in [0.1, 0.15) is 24.8 Å². The summed E-state index contributed by atoms with van der Waals surface area (Å²) in [6, 6.07) is 1.84. The van der Waals surface area contributed by atoms with Gasteiger partial charge in [-0.3, -0.25) is 0 Å². The van der Waals surface area contributed by atoms with Gasteiger partial charge in [-0.25, -0.2) is 4.98 Å². The molecule has 3 nitrogen and oxygen atoms in total. The first-order valence-corrected chi connectivity index (χ1v) is 6.81. The van der Waals surface area contributed by atoms with E-state index in [4.69, 9.17) is 16.3 Å². The number of halogens is 4. The molecular weight excluding hydrogens is 293 g/mol. The van der Waals surface area contributed by atoms with Crippen LogP contribution in [0, 0.1) is 0 Å². The molecule has 0 radical (unpaired) electrons. The smallest absolute Gasteiger partial charge is 0.376 e. The molecule has 0 amide bonds. The summed E-state index contributed by atoms with van der Waals surface area (Å²) in [5, 5.41) is -0.161. The van der Waals surface area contributed by atoms with Crippen molar-refractivity contribution in [3.8, 4) is 0 Å². The van der Waals surface area contributed by atoms with Gasteiger partial charge in [-0.1, -0.05) is 11.6 Å². The lowest BCUT2D eigenvalue weighted by Crippen LogP contribution is -2.33. The molecule has 0 saturated carbocycles. The van der Waals surface area contributed by atoms with E-state index >= 15 is 0 Å². The molecule has 0 N–H and O–H groups in total. The molecule has 1 aromatic heterocycles. The summed E-state index contributed by atoms with van der Waals surface area (Å²) in [5.74, 6) is 0.207. The van der Waals surface area contributed by atoms with Crippen molar-refractivity contribution in [2.75, 3.05) is 25.1 Å². The average Bonchev–Trinajstić information content (AvgIpc) is 2.38. The molecule has 1 saturated heterocycles. The molecule has 0 aliphatic carbocycles. The summed E-state index contributed by atoms with van der Waals surface area (Å²) in [4.78, 5) is 5.60. The fraction of sp³-hybridized carbons (Fsp3) is 0.615. The highest BCUT2D eigenvalue weighted by Crippen LogP contribution is 2.32. The molecule has 1 unspecified atom stereocenters. The van der Waals surface area contributed by atoms with E-state index in [1.165, 1.54) is 0 Å². The fourth-order valence-electron chi connectivity index (χ4n) is 2.19. The summed E-state index contributed by atoms with van der Waals surface area (Å²) in [7, 11) is 1.69.